The number of aliphatic carboxylic acids is 1. The maximum atomic E-state index is 11.4. The predicted octanol–water partition coefficient (Wildman–Crippen LogP) is 4.00. The third-order valence-corrected chi connectivity index (χ3v) is 5.07. The van der Waals surface area contributed by atoms with Crippen LogP contribution in [-0.2, 0) is 4.79 Å². The van der Waals surface area contributed by atoms with Crippen molar-refractivity contribution in [2.24, 2.45) is 5.92 Å². The van der Waals surface area contributed by atoms with Gasteiger partial charge in [0.2, 0.25) is 0 Å². The molecular weight excluding hydrogens is 274 g/mol. The second kappa shape index (κ2) is 7.10. The fraction of sp³-hybridized carbons (Fsp3) is 0.526. The summed E-state index contributed by atoms with van der Waals surface area (Å²) in [4.78, 5) is 11.4. The lowest BCUT2D eigenvalue weighted by molar-refractivity contribution is -0.132. The van der Waals surface area contributed by atoms with Crippen molar-refractivity contribution in [2.75, 3.05) is 6.54 Å². The van der Waals surface area contributed by atoms with Gasteiger partial charge in [0, 0.05) is 18.5 Å². The molecule has 120 valence electrons. The number of hydrogen-bond acceptors (Lipinski definition) is 2. The smallest absolute Gasteiger partial charge is 0.335 e. The van der Waals surface area contributed by atoms with Crippen LogP contribution in [-0.4, -0.2) is 23.7 Å². The van der Waals surface area contributed by atoms with E-state index >= 15 is 0 Å². The van der Waals surface area contributed by atoms with Gasteiger partial charge in [0.05, 0.1) is 5.57 Å². The highest BCUT2D eigenvalue weighted by Gasteiger charge is 2.27. The molecule has 0 heterocycles. The number of nitrogens with one attached hydrogen (secondary N) is 1. The van der Waals surface area contributed by atoms with Crippen LogP contribution in [0.2, 0.25) is 0 Å². The van der Waals surface area contributed by atoms with Crippen molar-refractivity contribution in [3.05, 3.63) is 46.1 Å². The van der Waals surface area contributed by atoms with Crippen LogP contribution in [0, 0.1) is 5.92 Å². The number of allylic oxidation sites excluding steroid dienone is 3. The Morgan fingerprint density at radius 1 is 1.36 bits per heavy atom. The van der Waals surface area contributed by atoms with Crippen LogP contribution in [0.3, 0.4) is 0 Å². The van der Waals surface area contributed by atoms with E-state index in [-0.39, 0.29) is 5.92 Å². The molecule has 0 aromatic rings. The summed E-state index contributed by atoms with van der Waals surface area (Å²) in [6.45, 7) is 9.40. The first-order valence-electron chi connectivity index (χ1n) is 8.16. The van der Waals surface area contributed by atoms with Gasteiger partial charge in [-0.15, -0.1) is 0 Å². The van der Waals surface area contributed by atoms with E-state index in [1.54, 1.807) is 6.08 Å². The first-order chi connectivity index (χ1) is 10.4. The van der Waals surface area contributed by atoms with E-state index in [0.29, 0.717) is 11.6 Å². The van der Waals surface area contributed by atoms with Gasteiger partial charge in [0.1, 0.15) is 0 Å². The van der Waals surface area contributed by atoms with Crippen molar-refractivity contribution in [2.45, 2.75) is 53.0 Å². The second-order valence-electron chi connectivity index (χ2n) is 6.41. The van der Waals surface area contributed by atoms with E-state index in [2.05, 4.69) is 32.2 Å². The molecule has 2 aliphatic carbocycles. The summed E-state index contributed by atoms with van der Waals surface area (Å²) in [5.41, 5.74) is 5.41. The first kappa shape index (κ1) is 16.8. The minimum atomic E-state index is -0.830. The Morgan fingerprint density at radius 3 is 2.73 bits per heavy atom. The Kier molecular flexibility index (Phi) is 5.41. The Balaban J connectivity index is 2.11. The number of fused-ring (bicyclic) bond motifs is 1. The lowest BCUT2D eigenvalue weighted by atomic mass is 9.84. The second-order valence-corrected chi connectivity index (χ2v) is 6.41. The van der Waals surface area contributed by atoms with E-state index in [0.717, 1.165) is 31.4 Å². The quantitative estimate of drug-likeness (QED) is 0.755. The Labute approximate surface area is 133 Å². The molecule has 0 saturated heterocycles. The molecule has 3 nitrogen and oxygen atoms in total. The van der Waals surface area contributed by atoms with Gasteiger partial charge in [-0.25, -0.2) is 4.79 Å². The average molecular weight is 301 g/mol. The van der Waals surface area contributed by atoms with E-state index < -0.39 is 5.97 Å². The maximum absolute atomic E-state index is 11.4. The first-order valence-corrected chi connectivity index (χ1v) is 8.16. The fourth-order valence-corrected chi connectivity index (χ4v) is 3.15. The normalized spacial score (nSPS) is 25.5. The van der Waals surface area contributed by atoms with Gasteiger partial charge in [-0.3, -0.25) is 0 Å². The SMILES string of the molecule is CC/C(C)=C(/C)CNC1CCC2=CC1C=CC(C(=O)O)=C2C. The number of hydrogen-bond donors (Lipinski definition) is 2. The van der Waals surface area contributed by atoms with Gasteiger partial charge in [0.15, 0.2) is 0 Å². The predicted molar refractivity (Wildman–Crippen MR) is 90.7 cm³/mol. The number of carboxylic acid groups (broad SMARTS) is 1. The number of rotatable bonds is 5. The van der Waals surface area contributed by atoms with Crippen molar-refractivity contribution in [3.63, 3.8) is 0 Å². The molecular formula is C19H27NO2. The highest BCUT2D eigenvalue weighted by Crippen LogP contribution is 2.33. The fourth-order valence-electron chi connectivity index (χ4n) is 3.15. The van der Waals surface area contributed by atoms with E-state index in [4.69, 9.17) is 0 Å². The minimum Gasteiger partial charge on any atom is -0.478 e. The van der Waals surface area contributed by atoms with E-state index in [9.17, 15) is 9.90 Å². The highest BCUT2D eigenvalue weighted by molar-refractivity contribution is 5.92. The molecule has 0 radical (unpaired) electrons. The van der Waals surface area contributed by atoms with Gasteiger partial charge in [0.25, 0.3) is 0 Å². The number of carbonyl (C=O) groups is 1. The van der Waals surface area contributed by atoms with E-state index in [1.165, 1.54) is 16.7 Å². The van der Waals surface area contributed by atoms with Crippen molar-refractivity contribution in [3.8, 4) is 0 Å². The zero-order valence-electron chi connectivity index (χ0n) is 14.1. The summed E-state index contributed by atoms with van der Waals surface area (Å²) < 4.78 is 0. The topological polar surface area (TPSA) is 49.3 Å². The summed E-state index contributed by atoms with van der Waals surface area (Å²) >= 11 is 0. The zero-order chi connectivity index (χ0) is 16.3. The summed E-state index contributed by atoms with van der Waals surface area (Å²) in [6.07, 6.45) is 9.18. The average Bonchev–Trinajstić information content (AvgIpc) is 2.63. The van der Waals surface area contributed by atoms with Crippen LogP contribution in [0.5, 0.6) is 0 Å². The van der Waals surface area contributed by atoms with Crippen molar-refractivity contribution < 1.29 is 9.90 Å². The van der Waals surface area contributed by atoms with Gasteiger partial charge < -0.3 is 10.4 Å². The lowest BCUT2D eigenvalue weighted by Gasteiger charge is -2.29. The lowest BCUT2D eigenvalue weighted by Crippen LogP contribution is -2.37. The summed E-state index contributed by atoms with van der Waals surface area (Å²) in [5, 5.41) is 13.0. The van der Waals surface area contributed by atoms with Crippen LogP contribution in [0.25, 0.3) is 0 Å². The largest absolute Gasteiger partial charge is 0.478 e. The van der Waals surface area contributed by atoms with Crippen LogP contribution in [0.4, 0.5) is 0 Å². The molecule has 2 unspecified atom stereocenters. The summed E-state index contributed by atoms with van der Waals surface area (Å²) in [6, 6.07) is 0.389. The molecule has 22 heavy (non-hydrogen) atoms. The Morgan fingerprint density at radius 2 is 2.09 bits per heavy atom. The molecule has 0 amide bonds. The molecule has 2 atom stereocenters. The molecule has 2 rings (SSSR count). The molecule has 0 aromatic carbocycles. The third kappa shape index (κ3) is 3.58. The van der Waals surface area contributed by atoms with Crippen LogP contribution >= 0.6 is 0 Å². The molecule has 2 aliphatic rings. The molecule has 0 fully saturated rings. The van der Waals surface area contributed by atoms with Crippen LogP contribution in [0.1, 0.15) is 47.0 Å². The van der Waals surface area contributed by atoms with Gasteiger partial charge in [-0.05, 0) is 51.2 Å². The van der Waals surface area contributed by atoms with Crippen molar-refractivity contribution in [1.29, 1.82) is 0 Å². The molecule has 3 heteroatoms. The minimum absolute atomic E-state index is 0.283. The molecule has 2 N–H and O–H groups in total. The standard InChI is InChI=1S/C19H27NO2/c1-5-12(2)13(3)11-20-18-9-7-15-10-16(18)6-8-17(14(15)4)19(21)22/h6,8,10,16,18,20H,5,7,9,11H2,1-4H3,(H,21,22)/b13-12-. The molecule has 0 aliphatic heterocycles. The Bertz CT molecular complexity index is 578. The van der Waals surface area contributed by atoms with Gasteiger partial charge in [-0.1, -0.05) is 36.3 Å². The van der Waals surface area contributed by atoms with Gasteiger partial charge in [-0.2, -0.15) is 0 Å². The van der Waals surface area contributed by atoms with Crippen molar-refractivity contribution >= 4 is 5.97 Å². The summed E-state index contributed by atoms with van der Waals surface area (Å²) in [5.74, 6) is -0.547. The maximum Gasteiger partial charge on any atom is 0.335 e. The highest BCUT2D eigenvalue weighted by atomic mass is 16.4. The Hall–Kier alpha value is -1.61. The van der Waals surface area contributed by atoms with Crippen LogP contribution in [0.15, 0.2) is 46.1 Å². The molecule has 0 saturated carbocycles. The van der Waals surface area contributed by atoms with Crippen LogP contribution < -0.4 is 5.32 Å². The number of carboxylic acids is 1. The van der Waals surface area contributed by atoms with E-state index in [1.807, 2.05) is 13.0 Å². The molecule has 0 aromatic heterocycles. The molecule has 2 bridgehead atoms. The van der Waals surface area contributed by atoms with Crippen molar-refractivity contribution in [1.82, 2.24) is 5.32 Å². The summed E-state index contributed by atoms with van der Waals surface area (Å²) in [7, 11) is 0. The third-order valence-electron chi connectivity index (χ3n) is 5.07. The molecule has 0 spiro atoms. The van der Waals surface area contributed by atoms with Gasteiger partial charge >= 0.3 is 5.97 Å². The zero-order valence-corrected chi connectivity index (χ0v) is 14.1. The monoisotopic (exact) mass is 301 g/mol.